The molecule has 1 unspecified atom stereocenters. The van der Waals surface area contributed by atoms with Crippen LogP contribution in [0.15, 0.2) is 23.1 Å². The predicted molar refractivity (Wildman–Crippen MR) is 65.2 cm³/mol. The number of aryl methyl sites for hydroxylation is 1. The van der Waals surface area contributed by atoms with Crippen LogP contribution in [0.4, 0.5) is 5.69 Å². The topological polar surface area (TPSA) is 77.3 Å². The molecule has 0 fully saturated rings. The maximum Gasteiger partial charge on any atom is 0.270 e. The lowest BCUT2D eigenvalue weighted by Crippen LogP contribution is -2.20. The third-order valence-corrected chi connectivity index (χ3v) is 5.36. The molecule has 94 valence electrons. The molecular weight excluding hydrogens is 266 g/mol. The lowest BCUT2D eigenvalue weighted by atomic mass is 10.2. The second-order valence-corrected chi connectivity index (χ2v) is 6.36. The third kappa shape index (κ3) is 2.76. The van der Waals surface area contributed by atoms with Gasteiger partial charge in [-0.15, -0.1) is 11.6 Å². The molecule has 0 saturated carbocycles. The van der Waals surface area contributed by atoms with Gasteiger partial charge in [-0.3, -0.25) is 10.1 Å². The highest BCUT2D eigenvalue weighted by atomic mass is 35.5. The van der Waals surface area contributed by atoms with Crippen LogP contribution in [0.2, 0.25) is 0 Å². The Balaban J connectivity index is 3.40. The minimum absolute atomic E-state index is 0.0279. The summed E-state index contributed by atoms with van der Waals surface area (Å²) >= 11 is 5.53. The Bertz CT molecular complexity index is 541. The van der Waals surface area contributed by atoms with Gasteiger partial charge in [0.15, 0.2) is 9.84 Å². The number of non-ortho nitro benzene ring substituents is 1. The Kier molecular flexibility index (Phi) is 4.11. The van der Waals surface area contributed by atoms with Crippen molar-refractivity contribution in [2.45, 2.75) is 24.0 Å². The molecule has 17 heavy (non-hydrogen) atoms. The molecule has 0 aliphatic carbocycles. The Morgan fingerprint density at radius 1 is 1.47 bits per heavy atom. The van der Waals surface area contributed by atoms with Crippen LogP contribution in [-0.4, -0.2) is 24.5 Å². The van der Waals surface area contributed by atoms with Gasteiger partial charge in [0.25, 0.3) is 5.69 Å². The fraction of sp³-hybridized carbons (Fsp3) is 0.400. The minimum Gasteiger partial charge on any atom is -0.258 e. The van der Waals surface area contributed by atoms with Crippen molar-refractivity contribution in [1.29, 1.82) is 0 Å². The maximum atomic E-state index is 12.1. The van der Waals surface area contributed by atoms with E-state index in [0.717, 1.165) is 6.07 Å². The molecule has 0 bridgehead atoms. The SMILES string of the molecule is Cc1ccc([N+](=O)[O-])cc1S(=O)(=O)C(C)CCl. The van der Waals surface area contributed by atoms with E-state index >= 15 is 0 Å². The van der Waals surface area contributed by atoms with Gasteiger partial charge in [-0.1, -0.05) is 6.07 Å². The molecule has 1 aromatic rings. The number of rotatable bonds is 4. The summed E-state index contributed by atoms with van der Waals surface area (Å²) in [7, 11) is -3.61. The molecule has 0 radical (unpaired) electrons. The zero-order valence-electron chi connectivity index (χ0n) is 9.38. The third-order valence-electron chi connectivity index (χ3n) is 2.44. The smallest absolute Gasteiger partial charge is 0.258 e. The van der Waals surface area contributed by atoms with Crippen molar-refractivity contribution in [3.63, 3.8) is 0 Å². The highest BCUT2D eigenvalue weighted by molar-refractivity contribution is 7.92. The molecule has 0 heterocycles. The van der Waals surface area contributed by atoms with Crippen molar-refractivity contribution < 1.29 is 13.3 Å². The Labute approximate surface area is 104 Å². The highest BCUT2D eigenvalue weighted by Gasteiger charge is 2.26. The van der Waals surface area contributed by atoms with Crippen LogP contribution in [0.1, 0.15) is 12.5 Å². The largest absolute Gasteiger partial charge is 0.270 e. The number of hydrogen-bond donors (Lipinski definition) is 0. The predicted octanol–water partition coefficient (Wildman–Crippen LogP) is 2.30. The average molecular weight is 278 g/mol. The van der Waals surface area contributed by atoms with E-state index in [9.17, 15) is 18.5 Å². The highest BCUT2D eigenvalue weighted by Crippen LogP contribution is 2.25. The van der Waals surface area contributed by atoms with E-state index in [0.29, 0.717) is 5.56 Å². The summed E-state index contributed by atoms with van der Waals surface area (Å²) in [6.07, 6.45) is 0. The summed E-state index contributed by atoms with van der Waals surface area (Å²) in [5, 5.41) is 9.84. The van der Waals surface area contributed by atoms with E-state index in [4.69, 9.17) is 11.6 Å². The minimum atomic E-state index is -3.61. The second-order valence-electron chi connectivity index (χ2n) is 3.72. The van der Waals surface area contributed by atoms with Crippen LogP contribution in [0.3, 0.4) is 0 Å². The van der Waals surface area contributed by atoms with Crippen molar-refractivity contribution in [3.8, 4) is 0 Å². The number of alkyl halides is 1. The number of nitrogens with zero attached hydrogens (tertiary/aromatic N) is 1. The van der Waals surface area contributed by atoms with E-state index in [1.807, 2.05) is 0 Å². The van der Waals surface area contributed by atoms with Crippen LogP contribution in [-0.2, 0) is 9.84 Å². The van der Waals surface area contributed by atoms with E-state index in [2.05, 4.69) is 0 Å². The van der Waals surface area contributed by atoms with Gasteiger partial charge in [-0.25, -0.2) is 8.42 Å². The summed E-state index contributed by atoms with van der Waals surface area (Å²) in [4.78, 5) is 9.97. The summed E-state index contributed by atoms with van der Waals surface area (Å²) < 4.78 is 24.1. The molecule has 0 saturated heterocycles. The summed E-state index contributed by atoms with van der Waals surface area (Å²) in [5.41, 5.74) is 0.239. The van der Waals surface area contributed by atoms with Crippen molar-refractivity contribution in [2.75, 3.05) is 5.88 Å². The van der Waals surface area contributed by atoms with Crippen LogP contribution in [0.5, 0.6) is 0 Å². The molecule has 0 aliphatic rings. The van der Waals surface area contributed by atoms with Gasteiger partial charge in [-0.05, 0) is 19.4 Å². The van der Waals surface area contributed by atoms with Crippen molar-refractivity contribution in [1.82, 2.24) is 0 Å². The lowest BCUT2D eigenvalue weighted by Gasteiger charge is -2.11. The second kappa shape index (κ2) is 5.01. The summed E-state index contributed by atoms with van der Waals surface area (Å²) in [6.45, 7) is 3.07. The molecule has 7 heteroatoms. The molecule has 5 nitrogen and oxygen atoms in total. The molecule has 1 atom stereocenters. The molecule has 0 amide bonds. The number of nitro benzene ring substituents is 1. The van der Waals surface area contributed by atoms with Gasteiger partial charge in [-0.2, -0.15) is 0 Å². The number of halogens is 1. The van der Waals surface area contributed by atoms with E-state index in [-0.39, 0.29) is 16.5 Å². The monoisotopic (exact) mass is 277 g/mol. The van der Waals surface area contributed by atoms with Crippen LogP contribution in [0.25, 0.3) is 0 Å². The number of benzene rings is 1. The molecule has 1 rings (SSSR count). The summed E-state index contributed by atoms with van der Waals surface area (Å²) in [5.74, 6) is -0.0511. The number of hydrogen-bond acceptors (Lipinski definition) is 4. The number of nitro groups is 1. The van der Waals surface area contributed by atoms with E-state index < -0.39 is 20.0 Å². The Hall–Kier alpha value is -1.14. The summed E-state index contributed by atoms with van der Waals surface area (Å²) in [6, 6.07) is 3.78. The standard InChI is InChI=1S/C10H12ClNO4S/c1-7-3-4-9(12(13)14)5-10(7)17(15,16)8(2)6-11/h3-5,8H,6H2,1-2H3. The van der Waals surface area contributed by atoms with Crippen molar-refractivity contribution in [3.05, 3.63) is 33.9 Å². The first-order chi connectivity index (χ1) is 7.80. The van der Waals surface area contributed by atoms with Gasteiger partial charge < -0.3 is 0 Å². The average Bonchev–Trinajstić information content (AvgIpc) is 2.27. The lowest BCUT2D eigenvalue weighted by molar-refractivity contribution is -0.385. The van der Waals surface area contributed by atoms with Gasteiger partial charge in [0.2, 0.25) is 0 Å². The van der Waals surface area contributed by atoms with Crippen LogP contribution >= 0.6 is 11.6 Å². The van der Waals surface area contributed by atoms with Gasteiger partial charge in [0, 0.05) is 18.0 Å². The molecule has 0 spiro atoms. The molecule has 0 aliphatic heterocycles. The normalized spacial score (nSPS) is 13.4. The molecular formula is C10H12ClNO4S. The quantitative estimate of drug-likeness (QED) is 0.481. The molecule has 0 aromatic heterocycles. The van der Waals surface area contributed by atoms with Crippen molar-refractivity contribution in [2.24, 2.45) is 0 Å². The Morgan fingerprint density at radius 3 is 2.53 bits per heavy atom. The molecule has 0 N–H and O–H groups in total. The first-order valence-corrected chi connectivity index (χ1v) is 6.93. The van der Waals surface area contributed by atoms with Gasteiger partial charge in [0.1, 0.15) is 0 Å². The number of sulfone groups is 1. The van der Waals surface area contributed by atoms with Gasteiger partial charge in [0.05, 0.1) is 15.1 Å². The van der Waals surface area contributed by atoms with E-state index in [1.165, 1.54) is 19.1 Å². The van der Waals surface area contributed by atoms with Crippen LogP contribution in [0, 0.1) is 17.0 Å². The first kappa shape index (κ1) is 13.9. The van der Waals surface area contributed by atoms with E-state index in [1.54, 1.807) is 6.92 Å². The zero-order chi connectivity index (χ0) is 13.2. The zero-order valence-corrected chi connectivity index (χ0v) is 11.0. The Morgan fingerprint density at radius 2 is 2.06 bits per heavy atom. The van der Waals surface area contributed by atoms with Crippen LogP contribution < -0.4 is 0 Å². The first-order valence-electron chi connectivity index (χ1n) is 4.85. The fourth-order valence-electron chi connectivity index (χ4n) is 1.31. The molecule has 1 aromatic carbocycles. The fourth-order valence-corrected chi connectivity index (χ4v) is 3.21. The van der Waals surface area contributed by atoms with Crippen molar-refractivity contribution >= 4 is 27.1 Å². The maximum absolute atomic E-state index is 12.1. The van der Waals surface area contributed by atoms with Gasteiger partial charge >= 0.3 is 0 Å².